The maximum atomic E-state index is 11.2. The highest BCUT2D eigenvalue weighted by Crippen LogP contribution is 2.20. The van der Waals surface area contributed by atoms with Gasteiger partial charge in [-0.2, -0.15) is 0 Å². The SMILES string of the molecule is CNC(=O)NC[C@H](O)c1cccc(OCc2ccc3ccccc3n2)c1. The van der Waals surface area contributed by atoms with Crippen molar-refractivity contribution in [3.63, 3.8) is 0 Å². The molecule has 6 nitrogen and oxygen atoms in total. The number of para-hydroxylation sites is 1. The van der Waals surface area contributed by atoms with E-state index in [1.165, 1.54) is 7.05 Å². The Morgan fingerprint density at radius 2 is 2.00 bits per heavy atom. The summed E-state index contributed by atoms with van der Waals surface area (Å²) in [6.45, 7) is 0.455. The number of urea groups is 1. The van der Waals surface area contributed by atoms with E-state index in [-0.39, 0.29) is 12.6 Å². The van der Waals surface area contributed by atoms with Gasteiger partial charge in [0, 0.05) is 19.0 Å². The topological polar surface area (TPSA) is 83.5 Å². The van der Waals surface area contributed by atoms with Crippen molar-refractivity contribution in [2.24, 2.45) is 0 Å². The van der Waals surface area contributed by atoms with Crippen molar-refractivity contribution in [2.45, 2.75) is 12.7 Å². The molecule has 3 rings (SSSR count). The molecule has 0 saturated heterocycles. The third-order valence-corrected chi connectivity index (χ3v) is 3.97. The molecule has 0 spiro atoms. The van der Waals surface area contributed by atoms with Crippen molar-refractivity contribution in [3.8, 4) is 5.75 Å². The predicted molar refractivity (Wildman–Crippen MR) is 99.9 cm³/mol. The molecule has 0 saturated carbocycles. The van der Waals surface area contributed by atoms with Gasteiger partial charge < -0.3 is 20.5 Å². The van der Waals surface area contributed by atoms with Crippen LogP contribution in [0.5, 0.6) is 5.75 Å². The Morgan fingerprint density at radius 1 is 1.15 bits per heavy atom. The highest BCUT2D eigenvalue weighted by Gasteiger charge is 2.10. The van der Waals surface area contributed by atoms with E-state index < -0.39 is 6.10 Å². The number of aromatic nitrogens is 1. The van der Waals surface area contributed by atoms with Crippen LogP contribution in [0.2, 0.25) is 0 Å². The molecule has 0 bridgehead atoms. The highest BCUT2D eigenvalue weighted by atomic mass is 16.5. The maximum Gasteiger partial charge on any atom is 0.314 e. The third kappa shape index (κ3) is 4.49. The molecule has 1 heterocycles. The Morgan fingerprint density at radius 3 is 2.85 bits per heavy atom. The van der Waals surface area contributed by atoms with E-state index in [4.69, 9.17) is 4.74 Å². The summed E-state index contributed by atoms with van der Waals surface area (Å²) >= 11 is 0. The molecule has 134 valence electrons. The number of aliphatic hydroxyl groups is 1. The summed E-state index contributed by atoms with van der Waals surface area (Å²) in [5.41, 5.74) is 2.43. The summed E-state index contributed by atoms with van der Waals surface area (Å²) in [6.07, 6.45) is -0.811. The number of amides is 2. The van der Waals surface area contributed by atoms with Gasteiger partial charge in [-0.3, -0.25) is 0 Å². The van der Waals surface area contributed by atoms with Crippen molar-refractivity contribution >= 4 is 16.9 Å². The number of nitrogens with one attached hydrogen (secondary N) is 2. The molecule has 2 amide bonds. The Labute approximate surface area is 151 Å². The third-order valence-electron chi connectivity index (χ3n) is 3.97. The lowest BCUT2D eigenvalue weighted by atomic mass is 10.1. The monoisotopic (exact) mass is 351 g/mol. The second-order valence-electron chi connectivity index (χ2n) is 5.83. The summed E-state index contributed by atoms with van der Waals surface area (Å²) < 4.78 is 5.81. The molecular weight excluding hydrogens is 330 g/mol. The number of benzene rings is 2. The van der Waals surface area contributed by atoms with Gasteiger partial charge in [0.25, 0.3) is 0 Å². The molecule has 1 atom stereocenters. The Hall–Kier alpha value is -3.12. The van der Waals surface area contributed by atoms with Gasteiger partial charge in [-0.1, -0.05) is 36.4 Å². The summed E-state index contributed by atoms with van der Waals surface area (Å²) in [5, 5.41) is 16.3. The second kappa shape index (κ2) is 8.31. The normalized spacial score (nSPS) is 11.8. The number of hydrogen-bond acceptors (Lipinski definition) is 4. The van der Waals surface area contributed by atoms with Crippen LogP contribution in [0.1, 0.15) is 17.4 Å². The van der Waals surface area contributed by atoms with Crippen LogP contribution in [0.4, 0.5) is 4.79 Å². The molecule has 0 fully saturated rings. The van der Waals surface area contributed by atoms with Crippen molar-refractivity contribution in [3.05, 3.63) is 71.9 Å². The number of carbonyl (C=O) groups excluding carboxylic acids is 1. The minimum Gasteiger partial charge on any atom is -0.487 e. The largest absolute Gasteiger partial charge is 0.487 e. The molecule has 26 heavy (non-hydrogen) atoms. The molecule has 0 aliphatic carbocycles. The van der Waals surface area contributed by atoms with E-state index in [1.54, 1.807) is 12.1 Å². The van der Waals surface area contributed by atoms with E-state index in [0.29, 0.717) is 17.9 Å². The number of aliphatic hydroxyl groups excluding tert-OH is 1. The number of rotatable bonds is 6. The Balaban J connectivity index is 1.63. The fourth-order valence-corrected chi connectivity index (χ4v) is 2.55. The van der Waals surface area contributed by atoms with Gasteiger partial charge in [0.05, 0.1) is 17.3 Å². The molecule has 3 N–H and O–H groups in total. The van der Waals surface area contributed by atoms with Gasteiger partial charge >= 0.3 is 6.03 Å². The van der Waals surface area contributed by atoms with Crippen molar-refractivity contribution in [1.29, 1.82) is 0 Å². The zero-order valence-electron chi connectivity index (χ0n) is 14.5. The zero-order chi connectivity index (χ0) is 18.4. The molecule has 0 radical (unpaired) electrons. The minimum absolute atomic E-state index is 0.120. The number of nitrogens with zero attached hydrogens (tertiary/aromatic N) is 1. The lowest BCUT2D eigenvalue weighted by Crippen LogP contribution is -2.35. The van der Waals surface area contributed by atoms with Crippen LogP contribution in [0, 0.1) is 0 Å². The Kier molecular flexibility index (Phi) is 5.66. The first kappa shape index (κ1) is 17.7. The number of carbonyl (C=O) groups is 1. The average Bonchev–Trinajstić information content (AvgIpc) is 2.70. The van der Waals surface area contributed by atoms with Crippen molar-refractivity contribution < 1.29 is 14.6 Å². The van der Waals surface area contributed by atoms with Gasteiger partial charge in [-0.05, 0) is 29.8 Å². The predicted octanol–water partition coefficient (Wildman–Crippen LogP) is 2.78. The van der Waals surface area contributed by atoms with Crippen LogP contribution in [0.25, 0.3) is 10.9 Å². The Bertz CT molecular complexity index is 898. The van der Waals surface area contributed by atoms with Crippen LogP contribution in [-0.4, -0.2) is 29.7 Å². The van der Waals surface area contributed by atoms with E-state index in [0.717, 1.165) is 16.6 Å². The van der Waals surface area contributed by atoms with Gasteiger partial charge in [0.1, 0.15) is 12.4 Å². The highest BCUT2D eigenvalue weighted by molar-refractivity contribution is 5.78. The van der Waals surface area contributed by atoms with Crippen LogP contribution < -0.4 is 15.4 Å². The summed E-state index contributed by atoms with van der Waals surface area (Å²) in [6, 6.07) is 18.7. The molecule has 2 aromatic carbocycles. The van der Waals surface area contributed by atoms with Crippen molar-refractivity contribution in [2.75, 3.05) is 13.6 Å². The van der Waals surface area contributed by atoms with Gasteiger partial charge in [0.2, 0.25) is 0 Å². The first-order chi connectivity index (χ1) is 12.7. The molecular formula is C20H21N3O3. The van der Waals surface area contributed by atoms with Crippen LogP contribution in [-0.2, 0) is 6.61 Å². The first-order valence-electron chi connectivity index (χ1n) is 8.37. The van der Waals surface area contributed by atoms with Gasteiger partial charge in [0.15, 0.2) is 0 Å². The van der Waals surface area contributed by atoms with Gasteiger partial charge in [-0.25, -0.2) is 9.78 Å². The number of pyridine rings is 1. The average molecular weight is 351 g/mol. The quantitative estimate of drug-likeness (QED) is 0.638. The van der Waals surface area contributed by atoms with E-state index in [1.807, 2.05) is 48.5 Å². The minimum atomic E-state index is -0.811. The van der Waals surface area contributed by atoms with Crippen LogP contribution in [0.3, 0.4) is 0 Å². The summed E-state index contributed by atoms with van der Waals surface area (Å²) in [7, 11) is 1.52. The van der Waals surface area contributed by atoms with Gasteiger partial charge in [-0.15, -0.1) is 0 Å². The number of hydrogen-bond donors (Lipinski definition) is 3. The number of fused-ring (bicyclic) bond motifs is 1. The summed E-state index contributed by atoms with van der Waals surface area (Å²) in [5.74, 6) is 0.636. The molecule has 1 aromatic heterocycles. The molecule has 0 aliphatic rings. The first-order valence-corrected chi connectivity index (χ1v) is 8.37. The zero-order valence-corrected chi connectivity index (χ0v) is 14.5. The molecule has 0 aliphatic heterocycles. The molecule has 3 aromatic rings. The van der Waals surface area contributed by atoms with Crippen molar-refractivity contribution in [1.82, 2.24) is 15.6 Å². The molecule has 6 heteroatoms. The fraction of sp³-hybridized carbons (Fsp3) is 0.200. The lowest BCUT2D eigenvalue weighted by Gasteiger charge is -2.14. The maximum absolute atomic E-state index is 11.2. The smallest absolute Gasteiger partial charge is 0.314 e. The second-order valence-corrected chi connectivity index (χ2v) is 5.83. The van der Waals surface area contributed by atoms with E-state index >= 15 is 0 Å². The summed E-state index contributed by atoms with van der Waals surface area (Å²) in [4.78, 5) is 15.8. The van der Waals surface area contributed by atoms with E-state index in [9.17, 15) is 9.90 Å². The van der Waals surface area contributed by atoms with Crippen LogP contribution >= 0.6 is 0 Å². The fourth-order valence-electron chi connectivity index (χ4n) is 2.55. The molecule has 0 unspecified atom stereocenters. The van der Waals surface area contributed by atoms with E-state index in [2.05, 4.69) is 15.6 Å². The standard InChI is InChI=1S/C20H21N3O3/c1-21-20(25)22-12-19(24)15-6-4-7-17(11-15)26-13-16-10-9-14-5-2-3-8-18(14)23-16/h2-11,19,24H,12-13H2,1H3,(H2,21,22,25)/t19-/m0/s1. The van der Waals surface area contributed by atoms with Crippen LogP contribution in [0.15, 0.2) is 60.7 Å². The number of ether oxygens (including phenoxy) is 1. The lowest BCUT2D eigenvalue weighted by molar-refractivity contribution is 0.173.